The first-order valence-corrected chi connectivity index (χ1v) is 11.9. The van der Waals surface area contributed by atoms with Crippen molar-refractivity contribution in [2.24, 2.45) is 0 Å². The molecule has 0 saturated carbocycles. The van der Waals surface area contributed by atoms with Crippen molar-refractivity contribution in [2.75, 3.05) is 28.6 Å². The number of rotatable bonds is 7. The highest BCUT2D eigenvalue weighted by molar-refractivity contribution is 6.04. The molecular weight excluding hydrogens is 424 g/mol. The Bertz CT molecular complexity index is 1130. The molecule has 1 fully saturated rings. The molecule has 0 aromatic heterocycles. The van der Waals surface area contributed by atoms with Crippen LogP contribution in [-0.2, 0) is 13.0 Å². The van der Waals surface area contributed by atoms with Gasteiger partial charge in [-0.25, -0.2) is 4.79 Å². The third kappa shape index (κ3) is 5.95. The number of hydrogen-bond acceptors (Lipinski definition) is 3. The van der Waals surface area contributed by atoms with Crippen molar-refractivity contribution in [1.29, 1.82) is 0 Å². The Morgan fingerprint density at radius 2 is 1.53 bits per heavy atom. The SMILES string of the molecule is CCc1ccc(NC(=O)Nc2cc(C(=O)NCc3ccc(C)cc3)ccc2N2CCCC2)cc1. The number of urea groups is 1. The summed E-state index contributed by atoms with van der Waals surface area (Å²) in [6.45, 7) is 6.46. The van der Waals surface area contributed by atoms with Crippen molar-refractivity contribution in [3.63, 3.8) is 0 Å². The first-order chi connectivity index (χ1) is 16.5. The van der Waals surface area contributed by atoms with E-state index in [1.807, 2.05) is 67.6 Å². The molecule has 3 aromatic carbocycles. The zero-order chi connectivity index (χ0) is 23.9. The van der Waals surface area contributed by atoms with E-state index in [0.717, 1.165) is 49.3 Å². The molecule has 1 saturated heterocycles. The molecular formula is C28H32N4O2. The summed E-state index contributed by atoms with van der Waals surface area (Å²) in [6, 6.07) is 21.1. The number of anilines is 3. The normalized spacial score (nSPS) is 12.9. The summed E-state index contributed by atoms with van der Waals surface area (Å²) in [5.74, 6) is -0.174. The molecule has 1 aliphatic rings. The molecule has 4 rings (SSSR count). The molecule has 3 N–H and O–H groups in total. The Balaban J connectivity index is 1.48. The van der Waals surface area contributed by atoms with Crippen LogP contribution in [0, 0.1) is 6.92 Å². The van der Waals surface area contributed by atoms with Gasteiger partial charge in [-0.1, -0.05) is 48.9 Å². The maximum Gasteiger partial charge on any atom is 0.323 e. The van der Waals surface area contributed by atoms with Crippen LogP contribution in [-0.4, -0.2) is 25.0 Å². The van der Waals surface area contributed by atoms with E-state index in [-0.39, 0.29) is 11.9 Å². The van der Waals surface area contributed by atoms with Crippen LogP contribution >= 0.6 is 0 Å². The van der Waals surface area contributed by atoms with Crippen molar-refractivity contribution in [2.45, 2.75) is 39.7 Å². The highest BCUT2D eigenvalue weighted by Crippen LogP contribution is 2.30. The van der Waals surface area contributed by atoms with Gasteiger partial charge in [0.05, 0.1) is 11.4 Å². The van der Waals surface area contributed by atoms with Gasteiger partial charge in [0.15, 0.2) is 0 Å². The number of hydrogen-bond donors (Lipinski definition) is 3. The van der Waals surface area contributed by atoms with Gasteiger partial charge in [0, 0.05) is 30.9 Å². The van der Waals surface area contributed by atoms with E-state index in [2.05, 4.69) is 27.8 Å². The van der Waals surface area contributed by atoms with Gasteiger partial charge in [0.25, 0.3) is 5.91 Å². The largest absolute Gasteiger partial charge is 0.370 e. The van der Waals surface area contributed by atoms with E-state index in [0.29, 0.717) is 17.8 Å². The third-order valence-electron chi connectivity index (χ3n) is 6.15. The first kappa shape index (κ1) is 23.4. The van der Waals surface area contributed by atoms with Gasteiger partial charge in [-0.05, 0) is 67.6 Å². The van der Waals surface area contributed by atoms with Crippen LogP contribution in [0.15, 0.2) is 66.7 Å². The number of amides is 3. The Morgan fingerprint density at radius 3 is 2.21 bits per heavy atom. The second-order valence-corrected chi connectivity index (χ2v) is 8.72. The summed E-state index contributed by atoms with van der Waals surface area (Å²) >= 11 is 0. The molecule has 0 aliphatic carbocycles. The van der Waals surface area contributed by atoms with Crippen molar-refractivity contribution < 1.29 is 9.59 Å². The summed E-state index contributed by atoms with van der Waals surface area (Å²) in [5.41, 5.74) is 6.24. The molecule has 6 nitrogen and oxygen atoms in total. The lowest BCUT2D eigenvalue weighted by molar-refractivity contribution is 0.0951. The van der Waals surface area contributed by atoms with Crippen LogP contribution in [0.3, 0.4) is 0 Å². The van der Waals surface area contributed by atoms with Gasteiger partial charge in [-0.2, -0.15) is 0 Å². The minimum atomic E-state index is -0.332. The zero-order valence-electron chi connectivity index (χ0n) is 19.9. The van der Waals surface area contributed by atoms with E-state index in [1.54, 1.807) is 6.07 Å². The van der Waals surface area contributed by atoms with Crippen molar-refractivity contribution in [3.8, 4) is 0 Å². The predicted octanol–water partition coefficient (Wildman–Crippen LogP) is 5.73. The second-order valence-electron chi connectivity index (χ2n) is 8.72. The lowest BCUT2D eigenvalue weighted by Gasteiger charge is -2.22. The molecule has 0 atom stereocenters. The van der Waals surface area contributed by atoms with E-state index >= 15 is 0 Å². The summed E-state index contributed by atoms with van der Waals surface area (Å²) in [7, 11) is 0. The maximum atomic E-state index is 12.9. The van der Waals surface area contributed by atoms with Crippen LogP contribution in [0.4, 0.5) is 21.9 Å². The molecule has 176 valence electrons. The van der Waals surface area contributed by atoms with Gasteiger partial charge < -0.3 is 20.9 Å². The second kappa shape index (κ2) is 10.9. The lowest BCUT2D eigenvalue weighted by Crippen LogP contribution is -2.26. The molecule has 0 radical (unpaired) electrons. The topological polar surface area (TPSA) is 73.5 Å². The van der Waals surface area contributed by atoms with Crippen LogP contribution in [0.1, 0.15) is 46.8 Å². The Kier molecular flexibility index (Phi) is 7.48. The Hall–Kier alpha value is -3.80. The first-order valence-electron chi connectivity index (χ1n) is 11.9. The number of carbonyl (C=O) groups is 2. The fourth-order valence-corrected chi connectivity index (χ4v) is 4.11. The summed E-state index contributed by atoms with van der Waals surface area (Å²) < 4.78 is 0. The highest BCUT2D eigenvalue weighted by atomic mass is 16.2. The molecule has 1 heterocycles. The summed E-state index contributed by atoms with van der Waals surface area (Å²) in [6.07, 6.45) is 3.19. The summed E-state index contributed by atoms with van der Waals surface area (Å²) in [4.78, 5) is 27.9. The standard InChI is InChI=1S/C28H32N4O2/c1-3-21-10-13-24(14-11-21)30-28(34)31-25-18-23(12-15-26(25)32-16-4-5-17-32)27(33)29-19-22-8-6-20(2)7-9-22/h6-15,18H,3-5,16-17,19H2,1-2H3,(H,29,33)(H2,30,31,34). The average molecular weight is 457 g/mol. The van der Waals surface area contributed by atoms with Gasteiger partial charge >= 0.3 is 6.03 Å². The number of nitrogens with zero attached hydrogens (tertiary/aromatic N) is 1. The van der Waals surface area contributed by atoms with Gasteiger partial charge in [0.2, 0.25) is 0 Å². The molecule has 0 unspecified atom stereocenters. The molecule has 3 amide bonds. The molecule has 6 heteroatoms. The predicted molar refractivity (Wildman–Crippen MR) is 139 cm³/mol. The van der Waals surface area contributed by atoms with E-state index in [9.17, 15) is 9.59 Å². The van der Waals surface area contributed by atoms with E-state index in [4.69, 9.17) is 0 Å². The van der Waals surface area contributed by atoms with Crippen LogP contribution in [0.2, 0.25) is 0 Å². The number of nitrogens with one attached hydrogen (secondary N) is 3. The monoisotopic (exact) mass is 456 g/mol. The lowest BCUT2D eigenvalue weighted by atomic mass is 10.1. The quantitative estimate of drug-likeness (QED) is 0.425. The Labute approximate surface area is 201 Å². The minimum absolute atomic E-state index is 0.174. The van der Waals surface area contributed by atoms with Gasteiger partial charge in [0.1, 0.15) is 0 Å². The van der Waals surface area contributed by atoms with Gasteiger partial charge in [-0.15, -0.1) is 0 Å². The maximum absolute atomic E-state index is 12.9. The third-order valence-corrected chi connectivity index (χ3v) is 6.15. The fraction of sp³-hybridized carbons (Fsp3) is 0.286. The highest BCUT2D eigenvalue weighted by Gasteiger charge is 2.19. The number of aryl methyl sites for hydroxylation is 2. The molecule has 34 heavy (non-hydrogen) atoms. The van der Waals surface area contributed by atoms with Gasteiger partial charge in [-0.3, -0.25) is 4.79 Å². The van der Waals surface area contributed by atoms with Crippen molar-refractivity contribution >= 4 is 29.0 Å². The van der Waals surface area contributed by atoms with Crippen LogP contribution in [0.25, 0.3) is 0 Å². The Morgan fingerprint density at radius 1 is 0.853 bits per heavy atom. The minimum Gasteiger partial charge on any atom is -0.370 e. The van der Waals surface area contributed by atoms with Crippen molar-refractivity contribution in [1.82, 2.24) is 5.32 Å². The number of carbonyl (C=O) groups excluding carboxylic acids is 2. The summed E-state index contributed by atoms with van der Waals surface area (Å²) in [5, 5.41) is 8.83. The molecule has 1 aliphatic heterocycles. The van der Waals surface area contributed by atoms with E-state index in [1.165, 1.54) is 11.1 Å². The zero-order valence-corrected chi connectivity index (χ0v) is 19.9. The van der Waals surface area contributed by atoms with E-state index < -0.39 is 0 Å². The molecule has 0 bridgehead atoms. The smallest absolute Gasteiger partial charge is 0.323 e. The van der Waals surface area contributed by atoms with Crippen LogP contribution in [0.5, 0.6) is 0 Å². The fourth-order valence-electron chi connectivity index (χ4n) is 4.11. The molecule has 3 aromatic rings. The number of benzene rings is 3. The molecule has 0 spiro atoms. The van der Waals surface area contributed by atoms with Crippen molar-refractivity contribution in [3.05, 3.63) is 89.0 Å². The average Bonchev–Trinajstić information content (AvgIpc) is 3.38. The van der Waals surface area contributed by atoms with Crippen LogP contribution < -0.4 is 20.9 Å².